The Labute approximate surface area is 163 Å². The first-order valence-electron chi connectivity index (χ1n) is 8.72. The van der Waals surface area contributed by atoms with Crippen LogP contribution in [0, 0.1) is 5.82 Å². The Morgan fingerprint density at radius 1 is 1.25 bits per heavy atom. The second-order valence-electron chi connectivity index (χ2n) is 7.60. The summed E-state index contributed by atoms with van der Waals surface area (Å²) in [5.74, 6) is -1.60. The van der Waals surface area contributed by atoms with E-state index >= 15 is 0 Å². The number of rotatable bonds is 5. The highest BCUT2D eigenvalue weighted by Gasteiger charge is 2.17. The van der Waals surface area contributed by atoms with E-state index in [0.29, 0.717) is 16.8 Å². The fraction of sp³-hybridized carbons (Fsp3) is 0.286. The van der Waals surface area contributed by atoms with E-state index in [4.69, 9.17) is 0 Å². The van der Waals surface area contributed by atoms with Gasteiger partial charge in [0.15, 0.2) is 0 Å². The normalized spacial score (nSPS) is 11.0. The van der Waals surface area contributed by atoms with E-state index in [1.807, 2.05) is 20.8 Å². The molecule has 28 heavy (non-hydrogen) atoms. The number of amides is 2. The number of nitrogens with one attached hydrogen (secondary N) is 2. The smallest absolute Gasteiger partial charge is 0.270 e. The van der Waals surface area contributed by atoms with Gasteiger partial charge >= 0.3 is 0 Å². The molecule has 0 radical (unpaired) electrons. The number of carbonyl (C=O) groups excluding carboxylic acids is 2. The Morgan fingerprint density at radius 3 is 2.54 bits per heavy atom. The zero-order chi connectivity index (χ0) is 21.1. The van der Waals surface area contributed by atoms with Gasteiger partial charge in [0.1, 0.15) is 17.3 Å². The number of hydrogen-bond acceptors (Lipinski definition) is 4. The lowest BCUT2D eigenvalue weighted by Gasteiger charge is -2.20. The van der Waals surface area contributed by atoms with E-state index in [1.54, 1.807) is 6.92 Å². The minimum atomic E-state index is -0.606. The molecule has 0 aliphatic carbocycles. The van der Waals surface area contributed by atoms with Gasteiger partial charge in [-0.1, -0.05) is 6.58 Å². The van der Waals surface area contributed by atoms with Gasteiger partial charge in [-0.3, -0.25) is 14.6 Å². The number of allylic oxidation sites excluding steroid dienone is 1. The van der Waals surface area contributed by atoms with E-state index in [2.05, 4.69) is 22.2 Å². The fourth-order valence-corrected chi connectivity index (χ4v) is 2.50. The zero-order valence-electron chi connectivity index (χ0n) is 16.4. The predicted octanol–water partition coefficient (Wildman–Crippen LogP) is 3.67. The predicted molar refractivity (Wildman–Crippen MR) is 107 cm³/mol. The molecular weight excluding hydrogens is 361 g/mol. The van der Waals surface area contributed by atoms with Gasteiger partial charge in [-0.25, -0.2) is 4.39 Å². The van der Waals surface area contributed by atoms with Crippen LogP contribution in [0.3, 0.4) is 0 Å². The van der Waals surface area contributed by atoms with Crippen LogP contribution in [0.1, 0.15) is 49.3 Å². The first kappa shape index (κ1) is 21.1. The first-order chi connectivity index (χ1) is 13.0. The highest BCUT2D eigenvalue weighted by Crippen LogP contribution is 2.27. The third-order valence-corrected chi connectivity index (χ3v) is 3.74. The molecule has 2 rings (SSSR count). The summed E-state index contributed by atoms with van der Waals surface area (Å²) in [7, 11) is 0. The number of pyridine rings is 1. The summed E-state index contributed by atoms with van der Waals surface area (Å²) in [5, 5.41) is 15.4. The van der Waals surface area contributed by atoms with Crippen LogP contribution in [0.2, 0.25) is 0 Å². The van der Waals surface area contributed by atoms with Crippen LogP contribution in [0.5, 0.6) is 5.75 Å². The van der Waals surface area contributed by atoms with Crippen molar-refractivity contribution in [2.75, 3.05) is 5.32 Å². The molecule has 0 bridgehead atoms. The van der Waals surface area contributed by atoms with Crippen molar-refractivity contribution >= 4 is 23.1 Å². The highest BCUT2D eigenvalue weighted by molar-refractivity contribution is 5.96. The Morgan fingerprint density at radius 2 is 1.93 bits per heavy atom. The molecule has 0 aliphatic rings. The van der Waals surface area contributed by atoms with Crippen LogP contribution in [-0.2, 0) is 11.2 Å². The van der Waals surface area contributed by atoms with Gasteiger partial charge in [-0.05, 0) is 57.5 Å². The topological polar surface area (TPSA) is 91.3 Å². The number of hydrogen-bond donors (Lipinski definition) is 3. The number of benzene rings is 1. The molecule has 1 aromatic heterocycles. The monoisotopic (exact) mass is 385 g/mol. The van der Waals surface area contributed by atoms with Crippen LogP contribution >= 0.6 is 0 Å². The second kappa shape index (κ2) is 8.21. The van der Waals surface area contributed by atoms with Gasteiger partial charge in [0, 0.05) is 28.6 Å². The number of halogens is 1. The Bertz CT molecular complexity index is 933. The minimum absolute atomic E-state index is 0.0553. The number of phenols is 1. The molecule has 0 atom stereocenters. The van der Waals surface area contributed by atoms with Gasteiger partial charge < -0.3 is 15.7 Å². The summed E-state index contributed by atoms with van der Waals surface area (Å²) < 4.78 is 14.2. The molecule has 2 amide bonds. The number of anilines is 1. The van der Waals surface area contributed by atoms with Crippen LogP contribution in [0.4, 0.5) is 10.1 Å². The SMILES string of the molecule is C=C(C)c1cc(F)c(CC(=O)Nc2ccnc(C(=O)NC(C)(C)C)c2)cc1O. The maximum Gasteiger partial charge on any atom is 0.270 e. The largest absolute Gasteiger partial charge is 0.507 e. The third kappa shape index (κ3) is 5.64. The van der Waals surface area contributed by atoms with Crippen molar-refractivity contribution in [3.05, 3.63) is 59.7 Å². The molecular formula is C21H24FN3O3. The van der Waals surface area contributed by atoms with Crippen LogP contribution < -0.4 is 10.6 Å². The molecule has 3 N–H and O–H groups in total. The van der Waals surface area contributed by atoms with E-state index in [9.17, 15) is 19.1 Å². The summed E-state index contributed by atoms with van der Waals surface area (Å²) in [6, 6.07) is 5.34. The van der Waals surface area contributed by atoms with Gasteiger partial charge in [0.25, 0.3) is 5.91 Å². The molecule has 0 saturated carbocycles. The van der Waals surface area contributed by atoms with Crippen molar-refractivity contribution in [2.24, 2.45) is 0 Å². The fourth-order valence-electron chi connectivity index (χ4n) is 2.50. The van der Waals surface area contributed by atoms with Crippen molar-refractivity contribution in [2.45, 2.75) is 39.7 Å². The van der Waals surface area contributed by atoms with Crippen LogP contribution in [-0.4, -0.2) is 27.4 Å². The number of phenolic OH excluding ortho intramolecular Hbond substituents is 1. The number of nitrogens with zero attached hydrogens (tertiary/aromatic N) is 1. The second-order valence-corrected chi connectivity index (χ2v) is 7.60. The molecule has 6 nitrogen and oxygen atoms in total. The maximum atomic E-state index is 14.2. The van der Waals surface area contributed by atoms with Crippen molar-refractivity contribution < 1.29 is 19.1 Å². The van der Waals surface area contributed by atoms with E-state index in [0.717, 1.165) is 6.07 Å². The van der Waals surface area contributed by atoms with Gasteiger partial charge in [-0.2, -0.15) is 0 Å². The molecule has 1 aromatic carbocycles. The molecule has 0 aliphatic heterocycles. The van der Waals surface area contributed by atoms with Crippen molar-refractivity contribution in [3.63, 3.8) is 0 Å². The number of aromatic hydroxyl groups is 1. The lowest BCUT2D eigenvalue weighted by molar-refractivity contribution is -0.115. The molecule has 0 fully saturated rings. The van der Waals surface area contributed by atoms with E-state index < -0.39 is 17.3 Å². The summed E-state index contributed by atoms with van der Waals surface area (Å²) >= 11 is 0. The standard InChI is InChI=1S/C21H24FN3O3/c1-12(2)15-11-16(22)13(8-18(15)26)9-19(27)24-14-6-7-23-17(10-14)20(28)25-21(3,4)5/h6-8,10-11,26H,1,9H2,2-5H3,(H,25,28)(H,23,24,27). The summed E-state index contributed by atoms with van der Waals surface area (Å²) in [6.07, 6.45) is 1.13. The molecule has 1 heterocycles. The lowest BCUT2D eigenvalue weighted by Crippen LogP contribution is -2.40. The maximum absolute atomic E-state index is 14.2. The Hall–Kier alpha value is -3.22. The van der Waals surface area contributed by atoms with Crippen LogP contribution in [0.25, 0.3) is 5.57 Å². The summed E-state index contributed by atoms with van der Waals surface area (Å²) in [6.45, 7) is 10.9. The summed E-state index contributed by atoms with van der Waals surface area (Å²) in [5.41, 5.74) is 0.966. The molecule has 0 saturated heterocycles. The average Bonchev–Trinajstić information content (AvgIpc) is 2.56. The Kier molecular flexibility index (Phi) is 6.18. The van der Waals surface area contributed by atoms with Gasteiger partial charge in [0.2, 0.25) is 5.91 Å². The Balaban J connectivity index is 2.12. The lowest BCUT2D eigenvalue weighted by atomic mass is 10.0. The molecule has 148 valence electrons. The average molecular weight is 385 g/mol. The summed E-state index contributed by atoms with van der Waals surface area (Å²) in [4.78, 5) is 28.5. The first-order valence-corrected chi connectivity index (χ1v) is 8.72. The number of carbonyl (C=O) groups is 2. The molecule has 0 spiro atoms. The van der Waals surface area contributed by atoms with Crippen LogP contribution in [0.15, 0.2) is 37.0 Å². The molecule has 2 aromatic rings. The zero-order valence-corrected chi connectivity index (χ0v) is 16.4. The van der Waals surface area contributed by atoms with Crippen molar-refractivity contribution in [3.8, 4) is 5.75 Å². The van der Waals surface area contributed by atoms with Crippen molar-refractivity contribution in [1.29, 1.82) is 0 Å². The van der Waals surface area contributed by atoms with E-state index in [-0.39, 0.29) is 29.3 Å². The van der Waals surface area contributed by atoms with Crippen molar-refractivity contribution in [1.82, 2.24) is 10.3 Å². The quantitative estimate of drug-likeness (QED) is 0.732. The van der Waals surface area contributed by atoms with E-state index in [1.165, 1.54) is 24.4 Å². The van der Waals surface area contributed by atoms with Gasteiger partial charge in [-0.15, -0.1) is 0 Å². The third-order valence-electron chi connectivity index (χ3n) is 3.74. The molecule has 7 heteroatoms. The minimum Gasteiger partial charge on any atom is -0.507 e. The number of aromatic nitrogens is 1. The highest BCUT2D eigenvalue weighted by atomic mass is 19.1. The molecule has 0 unspecified atom stereocenters. The van der Waals surface area contributed by atoms with Gasteiger partial charge in [0.05, 0.1) is 6.42 Å².